The zero-order valence-corrected chi connectivity index (χ0v) is 20.1. The first kappa shape index (κ1) is 22.5. The summed E-state index contributed by atoms with van der Waals surface area (Å²) in [6.45, 7) is 0.216. The first-order valence-corrected chi connectivity index (χ1v) is 12.2. The Hall–Kier alpha value is -2.27. The Kier molecular flexibility index (Phi) is 6.26. The van der Waals surface area contributed by atoms with Gasteiger partial charge in [0.2, 0.25) is 0 Å². The number of hydrogen-bond donors (Lipinski definition) is 1. The highest BCUT2D eigenvalue weighted by Gasteiger charge is 2.40. The molecule has 1 aliphatic heterocycles. The molecule has 0 fully saturated rings. The van der Waals surface area contributed by atoms with E-state index in [1.54, 1.807) is 18.2 Å². The lowest BCUT2D eigenvalue weighted by atomic mass is 9.71. The Morgan fingerprint density at radius 3 is 1.97 bits per heavy atom. The molecule has 2 aromatic carbocycles. The highest BCUT2D eigenvalue weighted by molar-refractivity contribution is 6.37. The third-order valence-corrected chi connectivity index (χ3v) is 7.41. The van der Waals surface area contributed by atoms with E-state index in [2.05, 4.69) is 5.32 Å². The molecule has 170 valence electrons. The summed E-state index contributed by atoms with van der Waals surface area (Å²) in [5.74, 6) is 0.0451. The van der Waals surface area contributed by atoms with Crippen LogP contribution in [0.4, 0.5) is 0 Å². The maximum atomic E-state index is 13.0. The molecule has 7 heteroatoms. The normalized spacial score (nSPS) is 18.8. The van der Waals surface area contributed by atoms with Crippen LogP contribution in [0.15, 0.2) is 58.9 Å². The molecule has 0 saturated carbocycles. The van der Waals surface area contributed by atoms with Gasteiger partial charge in [-0.2, -0.15) is 0 Å². The number of Topliss-reactive ketones (excluding diaryl/α,β-unsaturated/α-hetero) is 2. The fourth-order valence-corrected chi connectivity index (χ4v) is 5.77. The molecule has 1 heterocycles. The second-order valence-electron chi connectivity index (χ2n) is 8.59. The lowest BCUT2D eigenvalue weighted by Gasteiger charge is -2.37. The Morgan fingerprint density at radius 1 is 0.818 bits per heavy atom. The van der Waals surface area contributed by atoms with Gasteiger partial charge in [0.1, 0.15) is 6.61 Å². The number of benzene rings is 2. The topological polar surface area (TPSA) is 55.4 Å². The van der Waals surface area contributed by atoms with Gasteiger partial charge in [-0.15, -0.1) is 0 Å². The lowest BCUT2D eigenvalue weighted by Crippen LogP contribution is -2.36. The molecular formula is C26H22Cl3NO3. The van der Waals surface area contributed by atoms with Crippen molar-refractivity contribution < 1.29 is 14.3 Å². The predicted molar refractivity (Wildman–Crippen MR) is 130 cm³/mol. The lowest BCUT2D eigenvalue weighted by molar-refractivity contribution is -0.116. The molecule has 4 nitrogen and oxygen atoms in total. The summed E-state index contributed by atoms with van der Waals surface area (Å²) in [5.41, 5.74) is 4.76. The van der Waals surface area contributed by atoms with E-state index in [0.717, 1.165) is 48.2 Å². The number of allylic oxidation sites excluding steroid dienone is 4. The van der Waals surface area contributed by atoms with Crippen LogP contribution in [0.25, 0.3) is 0 Å². The largest absolute Gasteiger partial charge is 0.486 e. The molecule has 0 bridgehead atoms. The molecule has 0 aromatic heterocycles. The van der Waals surface area contributed by atoms with Crippen LogP contribution < -0.4 is 10.1 Å². The van der Waals surface area contributed by atoms with E-state index in [-0.39, 0.29) is 18.2 Å². The summed E-state index contributed by atoms with van der Waals surface area (Å²) in [4.78, 5) is 26.0. The number of dihydropyridines is 1. The minimum Gasteiger partial charge on any atom is -0.486 e. The minimum atomic E-state index is -0.454. The fraction of sp³-hybridized carbons (Fsp3) is 0.308. The highest BCUT2D eigenvalue weighted by atomic mass is 35.5. The van der Waals surface area contributed by atoms with Crippen molar-refractivity contribution in [1.29, 1.82) is 0 Å². The van der Waals surface area contributed by atoms with E-state index in [9.17, 15) is 9.59 Å². The molecule has 0 radical (unpaired) electrons. The van der Waals surface area contributed by atoms with Crippen LogP contribution in [0.2, 0.25) is 15.1 Å². The average Bonchev–Trinajstić information content (AvgIpc) is 2.78. The number of halogens is 3. The van der Waals surface area contributed by atoms with Crippen molar-refractivity contribution in [2.24, 2.45) is 0 Å². The quantitative estimate of drug-likeness (QED) is 0.493. The molecule has 0 atom stereocenters. The maximum absolute atomic E-state index is 13.0. The van der Waals surface area contributed by atoms with Crippen LogP contribution >= 0.6 is 34.8 Å². The van der Waals surface area contributed by atoms with E-state index < -0.39 is 5.92 Å². The van der Waals surface area contributed by atoms with Gasteiger partial charge in [0, 0.05) is 51.9 Å². The van der Waals surface area contributed by atoms with Crippen LogP contribution in [0.1, 0.15) is 55.6 Å². The zero-order chi connectivity index (χ0) is 23.1. The second kappa shape index (κ2) is 9.17. The van der Waals surface area contributed by atoms with Crippen LogP contribution in [0, 0.1) is 0 Å². The van der Waals surface area contributed by atoms with Gasteiger partial charge >= 0.3 is 0 Å². The molecule has 1 N–H and O–H groups in total. The standard InChI is InChI=1S/C26H22Cl3NO3/c27-16-6-2-1-5-14(16)13-33-26-17(28)11-15(12-18(26)29)23-24-19(7-3-9-21(24)31)30-20-8-4-10-22(32)25(20)23/h1-2,5-6,11-12,23,30H,3-4,7-10,13H2. The first-order valence-electron chi connectivity index (χ1n) is 11.1. The van der Waals surface area contributed by atoms with Crippen molar-refractivity contribution in [2.45, 2.75) is 51.0 Å². The van der Waals surface area contributed by atoms with Gasteiger partial charge in [-0.25, -0.2) is 0 Å². The molecule has 0 unspecified atom stereocenters. The van der Waals surface area contributed by atoms with E-state index in [1.807, 2.05) is 18.2 Å². The zero-order valence-electron chi connectivity index (χ0n) is 17.8. The van der Waals surface area contributed by atoms with Crippen molar-refractivity contribution in [1.82, 2.24) is 5.32 Å². The summed E-state index contributed by atoms with van der Waals surface area (Å²) < 4.78 is 5.91. The van der Waals surface area contributed by atoms with E-state index in [4.69, 9.17) is 39.5 Å². The van der Waals surface area contributed by atoms with Crippen LogP contribution in [-0.2, 0) is 16.2 Å². The van der Waals surface area contributed by atoms with E-state index >= 15 is 0 Å². The Morgan fingerprint density at radius 2 is 1.39 bits per heavy atom. The van der Waals surface area contributed by atoms with Crippen molar-refractivity contribution in [2.75, 3.05) is 0 Å². The smallest absolute Gasteiger partial charge is 0.161 e. The molecular weight excluding hydrogens is 481 g/mol. The van der Waals surface area contributed by atoms with Gasteiger partial charge < -0.3 is 10.1 Å². The minimum absolute atomic E-state index is 0.0740. The number of carbonyl (C=O) groups excluding carboxylic acids is 2. The maximum Gasteiger partial charge on any atom is 0.161 e. The summed E-state index contributed by atoms with van der Waals surface area (Å²) in [6, 6.07) is 10.9. The van der Waals surface area contributed by atoms with Crippen LogP contribution in [-0.4, -0.2) is 11.6 Å². The second-order valence-corrected chi connectivity index (χ2v) is 9.81. The number of nitrogens with one attached hydrogen (secondary N) is 1. The van der Waals surface area contributed by atoms with Crippen molar-refractivity contribution >= 4 is 46.4 Å². The van der Waals surface area contributed by atoms with Gasteiger partial charge in [-0.05, 0) is 49.4 Å². The molecule has 0 saturated heterocycles. The Labute approximate surface area is 207 Å². The Bertz CT molecular complexity index is 1170. The summed E-state index contributed by atoms with van der Waals surface area (Å²) in [6.07, 6.45) is 4.17. The first-order chi connectivity index (χ1) is 15.9. The number of hydrogen-bond acceptors (Lipinski definition) is 4. The Balaban J connectivity index is 1.54. The average molecular weight is 503 g/mol. The molecule has 3 aliphatic rings. The molecule has 5 rings (SSSR count). The monoisotopic (exact) mass is 501 g/mol. The SMILES string of the molecule is O=C1CCCC2=C1C(c1cc(Cl)c(OCc3ccccc3Cl)c(Cl)c1)C1=C(CCCC1=O)N2. The molecule has 2 aromatic rings. The van der Waals surface area contributed by atoms with Crippen LogP contribution in [0.3, 0.4) is 0 Å². The number of ketones is 2. The third-order valence-electron chi connectivity index (χ3n) is 6.48. The van der Waals surface area contributed by atoms with Gasteiger partial charge in [-0.1, -0.05) is 53.0 Å². The predicted octanol–water partition coefficient (Wildman–Crippen LogP) is 6.93. The number of carbonyl (C=O) groups is 2. The molecule has 33 heavy (non-hydrogen) atoms. The van der Waals surface area contributed by atoms with Gasteiger partial charge in [0.05, 0.1) is 10.0 Å². The van der Waals surface area contributed by atoms with Gasteiger partial charge in [0.15, 0.2) is 17.3 Å². The molecule has 2 aliphatic carbocycles. The van der Waals surface area contributed by atoms with E-state index in [1.165, 1.54) is 0 Å². The van der Waals surface area contributed by atoms with Crippen molar-refractivity contribution in [3.63, 3.8) is 0 Å². The van der Waals surface area contributed by atoms with Crippen molar-refractivity contribution in [3.8, 4) is 5.75 Å². The van der Waals surface area contributed by atoms with Gasteiger partial charge in [-0.3, -0.25) is 9.59 Å². The summed E-state index contributed by atoms with van der Waals surface area (Å²) >= 11 is 19.5. The van der Waals surface area contributed by atoms with Gasteiger partial charge in [0.25, 0.3) is 0 Å². The molecule has 0 amide bonds. The fourth-order valence-electron chi connectivity index (χ4n) is 4.97. The van der Waals surface area contributed by atoms with E-state index in [0.29, 0.717) is 44.8 Å². The molecule has 0 spiro atoms. The highest BCUT2D eigenvalue weighted by Crippen LogP contribution is 2.47. The third kappa shape index (κ3) is 4.21. The summed E-state index contributed by atoms with van der Waals surface area (Å²) in [7, 11) is 0. The number of ether oxygens (including phenoxy) is 1. The summed E-state index contributed by atoms with van der Waals surface area (Å²) in [5, 5.41) is 4.68. The van der Waals surface area contributed by atoms with Crippen molar-refractivity contribution in [3.05, 3.63) is 85.1 Å². The number of rotatable bonds is 4. The van der Waals surface area contributed by atoms with Crippen LogP contribution in [0.5, 0.6) is 5.75 Å².